The van der Waals surface area contributed by atoms with Crippen molar-refractivity contribution in [2.75, 3.05) is 26.3 Å². The lowest BCUT2D eigenvalue weighted by Gasteiger charge is -2.13. The van der Waals surface area contributed by atoms with E-state index < -0.39 is 0 Å². The Morgan fingerprint density at radius 2 is 2.00 bits per heavy atom. The highest BCUT2D eigenvalue weighted by Crippen LogP contribution is 2.28. The maximum Gasteiger partial charge on any atom is 0.0494 e. The van der Waals surface area contributed by atoms with Gasteiger partial charge in [0.15, 0.2) is 0 Å². The molecule has 0 aromatic heterocycles. The molecule has 0 radical (unpaired) electrons. The van der Waals surface area contributed by atoms with E-state index in [1.165, 1.54) is 32.2 Å². The van der Waals surface area contributed by atoms with Crippen molar-refractivity contribution < 1.29 is 4.74 Å². The first-order chi connectivity index (χ1) is 7.36. The number of hydrogen-bond donors (Lipinski definition) is 1. The second-order valence-corrected chi connectivity index (χ2v) is 4.76. The third kappa shape index (κ3) is 6.91. The molecule has 15 heavy (non-hydrogen) atoms. The molecule has 0 saturated heterocycles. The highest BCUT2D eigenvalue weighted by Gasteiger charge is 2.20. The highest BCUT2D eigenvalue weighted by atomic mass is 16.5. The fourth-order valence-electron chi connectivity index (χ4n) is 1.72. The Bertz CT molecular complexity index is 141. The summed E-state index contributed by atoms with van der Waals surface area (Å²) >= 11 is 0. The van der Waals surface area contributed by atoms with E-state index >= 15 is 0 Å². The molecule has 1 fully saturated rings. The van der Waals surface area contributed by atoms with Crippen LogP contribution in [0.5, 0.6) is 0 Å². The van der Waals surface area contributed by atoms with Gasteiger partial charge in [-0.3, -0.25) is 0 Å². The molecule has 0 bridgehead atoms. The van der Waals surface area contributed by atoms with Gasteiger partial charge in [0.05, 0.1) is 0 Å². The second-order valence-electron chi connectivity index (χ2n) is 4.76. The summed E-state index contributed by atoms with van der Waals surface area (Å²) in [4.78, 5) is 0. The molecule has 0 aromatic rings. The normalized spacial score (nSPS) is 16.2. The Balaban J connectivity index is 1.75. The van der Waals surface area contributed by atoms with Gasteiger partial charge in [-0.15, -0.1) is 0 Å². The van der Waals surface area contributed by atoms with Gasteiger partial charge in [-0.05, 0) is 44.2 Å². The Kier molecular flexibility index (Phi) is 7.03. The SMILES string of the molecule is CCC(CC)CNCCCOCC1CC1. The standard InChI is InChI=1S/C13H27NO/c1-3-12(4-2)10-14-8-5-9-15-11-13-6-7-13/h12-14H,3-11H2,1-2H3. The maximum atomic E-state index is 5.58. The maximum absolute atomic E-state index is 5.58. The molecule has 0 unspecified atom stereocenters. The average molecular weight is 213 g/mol. The predicted octanol–water partition coefficient (Wildman–Crippen LogP) is 2.83. The molecule has 0 aromatic carbocycles. The van der Waals surface area contributed by atoms with Crippen molar-refractivity contribution in [3.8, 4) is 0 Å². The molecule has 2 heteroatoms. The summed E-state index contributed by atoms with van der Waals surface area (Å²) in [5, 5.41) is 3.51. The zero-order valence-corrected chi connectivity index (χ0v) is 10.4. The van der Waals surface area contributed by atoms with Gasteiger partial charge < -0.3 is 10.1 Å². The quantitative estimate of drug-likeness (QED) is 0.563. The minimum atomic E-state index is 0.859. The van der Waals surface area contributed by atoms with E-state index in [0.29, 0.717) is 0 Å². The minimum absolute atomic E-state index is 0.859. The minimum Gasteiger partial charge on any atom is -0.381 e. The zero-order valence-electron chi connectivity index (χ0n) is 10.4. The first kappa shape index (κ1) is 13.0. The molecule has 1 N–H and O–H groups in total. The summed E-state index contributed by atoms with van der Waals surface area (Å²) in [5.41, 5.74) is 0. The third-order valence-electron chi connectivity index (χ3n) is 3.28. The van der Waals surface area contributed by atoms with Crippen LogP contribution in [-0.4, -0.2) is 26.3 Å². The van der Waals surface area contributed by atoms with Crippen LogP contribution in [0.2, 0.25) is 0 Å². The fraction of sp³-hybridized carbons (Fsp3) is 1.00. The topological polar surface area (TPSA) is 21.3 Å². The first-order valence-electron chi connectivity index (χ1n) is 6.65. The molecule has 0 atom stereocenters. The lowest BCUT2D eigenvalue weighted by molar-refractivity contribution is 0.122. The van der Waals surface area contributed by atoms with E-state index in [1.807, 2.05) is 0 Å². The van der Waals surface area contributed by atoms with Crippen LogP contribution in [0.3, 0.4) is 0 Å². The Morgan fingerprint density at radius 1 is 1.27 bits per heavy atom. The molecule has 1 aliphatic rings. The smallest absolute Gasteiger partial charge is 0.0494 e. The van der Waals surface area contributed by atoms with Gasteiger partial charge in [-0.1, -0.05) is 26.7 Å². The van der Waals surface area contributed by atoms with E-state index in [2.05, 4.69) is 19.2 Å². The molecule has 1 aliphatic carbocycles. The van der Waals surface area contributed by atoms with Crippen molar-refractivity contribution in [3.63, 3.8) is 0 Å². The molecule has 1 saturated carbocycles. The van der Waals surface area contributed by atoms with Crippen LogP contribution in [0.1, 0.15) is 46.0 Å². The lowest BCUT2D eigenvalue weighted by atomic mass is 10.0. The van der Waals surface area contributed by atoms with Crippen LogP contribution in [0.15, 0.2) is 0 Å². The van der Waals surface area contributed by atoms with Gasteiger partial charge >= 0.3 is 0 Å². The van der Waals surface area contributed by atoms with Crippen molar-refractivity contribution >= 4 is 0 Å². The first-order valence-corrected chi connectivity index (χ1v) is 6.65. The van der Waals surface area contributed by atoms with Gasteiger partial charge in [0.25, 0.3) is 0 Å². The Hall–Kier alpha value is -0.0800. The molecule has 0 spiro atoms. The van der Waals surface area contributed by atoms with E-state index in [1.54, 1.807) is 0 Å². The van der Waals surface area contributed by atoms with E-state index in [4.69, 9.17) is 4.74 Å². The summed E-state index contributed by atoms with van der Waals surface area (Å²) in [6.07, 6.45) is 6.54. The summed E-state index contributed by atoms with van der Waals surface area (Å²) in [6, 6.07) is 0. The predicted molar refractivity (Wildman–Crippen MR) is 65.1 cm³/mol. The summed E-state index contributed by atoms with van der Waals surface area (Å²) < 4.78 is 5.58. The van der Waals surface area contributed by atoms with E-state index in [9.17, 15) is 0 Å². The monoisotopic (exact) mass is 213 g/mol. The average Bonchev–Trinajstić information content (AvgIpc) is 3.06. The molecule has 90 valence electrons. The van der Waals surface area contributed by atoms with Gasteiger partial charge in [-0.25, -0.2) is 0 Å². The number of hydrogen-bond acceptors (Lipinski definition) is 2. The highest BCUT2D eigenvalue weighted by molar-refractivity contribution is 4.71. The summed E-state index contributed by atoms with van der Waals surface area (Å²) in [5.74, 6) is 1.76. The van der Waals surface area contributed by atoms with Crippen molar-refractivity contribution in [1.82, 2.24) is 5.32 Å². The molecular weight excluding hydrogens is 186 g/mol. The van der Waals surface area contributed by atoms with Crippen LogP contribution in [0.4, 0.5) is 0 Å². The van der Waals surface area contributed by atoms with Crippen LogP contribution >= 0.6 is 0 Å². The lowest BCUT2D eigenvalue weighted by Crippen LogP contribution is -2.24. The number of rotatable bonds is 10. The molecule has 0 heterocycles. The van der Waals surface area contributed by atoms with Crippen LogP contribution < -0.4 is 5.32 Å². The van der Waals surface area contributed by atoms with Crippen molar-refractivity contribution in [2.45, 2.75) is 46.0 Å². The van der Waals surface area contributed by atoms with Crippen molar-refractivity contribution in [1.29, 1.82) is 0 Å². The summed E-state index contributed by atoms with van der Waals surface area (Å²) in [7, 11) is 0. The zero-order chi connectivity index (χ0) is 10.9. The molecule has 0 aliphatic heterocycles. The molecule has 1 rings (SSSR count). The van der Waals surface area contributed by atoms with Crippen molar-refractivity contribution in [2.24, 2.45) is 11.8 Å². The Morgan fingerprint density at radius 3 is 2.60 bits per heavy atom. The van der Waals surface area contributed by atoms with Gasteiger partial charge in [0, 0.05) is 13.2 Å². The fourth-order valence-corrected chi connectivity index (χ4v) is 1.72. The van der Waals surface area contributed by atoms with E-state index in [-0.39, 0.29) is 0 Å². The molecule has 2 nitrogen and oxygen atoms in total. The van der Waals surface area contributed by atoms with E-state index in [0.717, 1.165) is 38.0 Å². The Labute approximate surface area is 94.8 Å². The second kappa shape index (κ2) is 8.12. The number of ether oxygens (including phenoxy) is 1. The third-order valence-corrected chi connectivity index (χ3v) is 3.28. The van der Waals surface area contributed by atoms with Crippen LogP contribution in [0, 0.1) is 11.8 Å². The van der Waals surface area contributed by atoms with Crippen LogP contribution in [-0.2, 0) is 4.74 Å². The van der Waals surface area contributed by atoms with Gasteiger partial charge in [-0.2, -0.15) is 0 Å². The molecular formula is C13H27NO. The van der Waals surface area contributed by atoms with Gasteiger partial charge in [0.1, 0.15) is 0 Å². The summed E-state index contributed by atoms with van der Waals surface area (Å²) in [6.45, 7) is 8.78. The molecule has 0 amide bonds. The van der Waals surface area contributed by atoms with Crippen LogP contribution in [0.25, 0.3) is 0 Å². The van der Waals surface area contributed by atoms with Gasteiger partial charge in [0.2, 0.25) is 0 Å². The largest absolute Gasteiger partial charge is 0.381 e. The van der Waals surface area contributed by atoms with Crippen molar-refractivity contribution in [3.05, 3.63) is 0 Å². The number of nitrogens with one attached hydrogen (secondary N) is 1.